The summed E-state index contributed by atoms with van der Waals surface area (Å²) in [5.74, 6) is 3.00. The molecule has 0 saturated carbocycles. The summed E-state index contributed by atoms with van der Waals surface area (Å²) in [7, 11) is 1.65. The average Bonchev–Trinajstić information content (AvgIpc) is 3.23. The lowest BCUT2D eigenvalue weighted by Gasteiger charge is -2.21. The number of hydrogen-bond acceptors (Lipinski definition) is 5. The van der Waals surface area contributed by atoms with E-state index in [1.807, 2.05) is 42.5 Å². The predicted octanol–water partition coefficient (Wildman–Crippen LogP) is 2.93. The highest BCUT2D eigenvalue weighted by molar-refractivity contribution is 6.02. The minimum absolute atomic E-state index is 0.0983. The normalized spacial score (nSPS) is 18.1. The molecule has 0 bridgehead atoms. The Kier molecular flexibility index (Phi) is 5.80. The fraction of sp³-hybridized carbons (Fsp3) is 0.250. The Bertz CT molecular complexity index is 1130. The van der Waals surface area contributed by atoms with Gasteiger partial charge in [-0.1, -0.05) is 41.6 Å². The van der Waals surface area contributed by atoms with E-state index in [1.54, 1.807) is 19.3 Å². The van der Waals surface area contributed by atoms with Gasteiger partial charge in [0.2, 0.25) is 5.91 Å². The van der Waals surface area contributed by atoms with Crippen molar-refractivity contribution in [3.05, 3.63) is 77.3 Å². The van der Waals surface area contributed by atoms with Gasteiger partial charge in [-0.15, -0.1) is 12.3 Å². The Morgan fingerprint density at radius 2 is 2.10 bits per heavy atom. The Labute approximate surface area is 180 Å². The molecule has 4 rings (SSSR count). The molecule has 2 amide bonds. The van der Waals surface area contributed by atoms with E-state index in [-0.39, 0.29) is 17.5 Å². The molecule has 1 aromatic carbocycles. The first-order valence-electron chi connectivity index (χ1n) is 10.0. The SMILES string of the molecule is C#CC[C@H]1C[C@@H](NC(=O)c2cc(Cc3ccccc3)on2)C(=O)N(C)c2ncccc21. The minimum atomic E-state index is -0.751. The fourth-order valence-electron chi connectivity index (χ4n) is 3.85. The Morgan fingerprint density at radius 1 is 1.29 bits per heavy atom. The number of aromatic nitrogens is 2. The third-order valence-corrected chi connectivity index (χ3v) is 5.41. The van der Waals surface area contributed by atoms with Gasteiger partial charge in [0, 0.05) is 38.1 Å². The van der Waals surface area contributed by atoms with Crippen molar-refractivity contribution in [2.24, 2.45) is 0 Å². The van der Waals surface area contributed by atoms with Crippen LogP contribution >= 0.6 is 0 Å². The number of nitrogens with one attached hydrogen (secondary N) is 1. The summed E-state index contributed by atoms with van der Waals surface area (Å²) < 4.78 is 5.32. The predicted molar refractivity (Wildman–Crippen MR) is 115 cm³/mol. The lowest BCUT2D eigenvalue weighted by Crippen LogP contribution is -2.47. The molecule has 0 spiro atoms. The van der Waals surface area contributed by atoms with Crippen LogP contribution in [0.4, 0.5) is 5.82 Å². The van der Waals surface area contributed by atoms with Crippen molar-refractivity contribution in [2.75, 3.05) is 11.9 Å². The van der Waals surface area contributed by atoms with Crippen LogP contribution in [0, 0.1) is 12.3 Å². The number of benzene rings is 1. The Hall–Kier alpha value is -3.92. The largest absolute Gasteiger partial charge is 0.360 e. The molecule has 7 nitrogen and oxygen atoms in total. The van der Waals surface area contributed by atoms with Gasteiger partial charge in [-0.05, 0) is 23.6 Å². The topological polar surface area (TPSA) is 88.3 Å². The summed E-state index contributed by atoms with van der Waals surface area (Å²) >= 11 is 0. The van der Waals surface area contributed by atoms with Crippen molar-refractivity contribution in [1.82, 2.24) is 15.5 Å². The molecule has 0 saturated heterocycles. The Morgan fingerprint density at radius 3 is 2.87 bits per heavy atom. The second-order valence-corrected chi connectivity index (χ2v) is 7.52. The first-order chi connectivity index (χ1) is 15.1. The van der Waals surface area contributed by atoms with Crippen molar-refractivity contribution in [3.8, 4) is 12.3 Å². The van der Waals surface area contributed by atoms with Crippen molar-refractivity contribution >= 4 is 17.6 Å². The smallest absolute Gasteiger partial charge is 0.274 e. The van der Waals surface area contributed by atoms with E-state index in [4.69, 9.17) is 10.9 Å². The van der Waals surface area contributed by atoms with Crippen LogP contribution in [-0.2, 0) is 11.2 Å². The number of amides is 2. The van der Waals surface area contributed by atoms with Crippen molar-refractivity contribution in [1.29, 1.82) is 0 Å². The zero-order valence-corrected chi connectivity index (χ0v) is 17.1. The van der Waals surface area contributed by atoms with Crippen LogP contribution in [0.3, 0.4) is 0 Å². The zero-order chi connectivity index (χ0) is 21.8. The molecule has 156 valence electrons. The molecule has 2 atom stereocenters. The standard InChI is InChI=1S/C24H22N4O3/c1-3-8-17-14-21(24(30)28(2)22-19(17)11-7-12-25-22)26-23(29)20-15-18(31-27-20)13-16-9-5-4-6-10-16/h1,4-7,9-12,15,17,21H,8,13-14H2,2H3,(H,26,29)/t17-,21+/m0/s1. The monoisotopic (exact) mass is 414 g/mol. The molecule has 3 heterocycles. The summed E-state index contributed by atoms with van der Waals surface area (Å²) in [6.07, 6.45) is 8.55. The van der Waals surface area contributed by atoms with Gasteiger partial charge in [0.1, 0.15) is 17.6 Å². The number of likely N-dealkylation sites (N-methyl/N-ethyl adjacent to an activating group) is 1. The second kappa shape index (κ2) is 8.84. The van der Waals surface area contributed by atoms with Crippen molar-refractivity contribution < 1.29 is 14.1 Å². The maximum atomic E-state index is 13.0. The van der Waals surface area contributed by atoms with Gasteiger partial charge in [0.05, 0.1) is 0 Å². The molecule has 7 heteroatoms. The summed E-state index contributed by atoms with van der Waals surface area (Å²) in [5.41, 5.74) is 2.09. The number of carbonyl (C=O) groups excluding carboxylic acids is 2. The van der Waals surface area contributed by atoms with Gasteiger partial charge in [-0.2, -0.15) is 0 Å². The molecule has 2 aromatic heterocycles. The van der Waals surface area contributed by atoms with Crippen LogP contribution in [0.2, 0.25) is 0 Å². The molecule has 0 aliphatic carbocycles. The highest BCUT2D eigenvalue weighted by Crippen LogP contribution is 2.34. The third kappa shape index (κ3) is 4.33. The van der Waals surface area contributed by atoms with E-state index >= 15 is 0 Å². The van der Waals surface area contributed by atoms with E-state index in [1.165, 1.54) is 4.90 Å². The van der Waals surface area contributed by atoms with Gasteiger partial charge in [-0.25, -0.2) is 4.98 Å². The molecule has 0 fully saturated rings. The number of fused-ring (bicyclic) bond motifs is 1. The minimum Gasteiger partial charge on any atom is -0.360 e. The van der Waals surface area contributed by atoms with E-state index in [0.29, 0.717) is 30.8 Å². The molecule has 1 N–H and O–H groups in total. The molecule has 0 radical (unpaired) electrons. The summed E-state index contributed by atoms with van der Waals surface area (Å²) in [4.78, 5) is 31.7. The number of terminal acetylenes is 1. The summed E-state index contributed by atoms with van der Waals surface area (Å²) in [6.45, 7) is 0. The fourth-order valence-corrected chi connectivity index (χ4v) is 3.85. The van der Waals surface area contributed by atoms with Gasteiger partial charge in [0.25, 0.3) is 5.91 Å². The molecular weight excluding hydrogens is 392 g/mol. The number of carbonyl (C=O) groups is 2. The highest BCUT2D eigenvalue weighted by Gasteiger charge is 2.35. The number of nitrogens with zero attached hydrogens (tertiary/aromatic N) is 3. The lowest BCUT2D eigenvalue weighted by molar-refractivity contribution is -0.120. The molecule has 31 heavy (non-hydrogen) atoms. The van der Waals surface area contributed by atoms with E-state index in [2.05, 4.69) is 21.4 Å². The van der Waals surface area contributed by atoms with Crippen molar-refractivity contribution in [2.45, 2.75) is 31.2 Å². The van der Waals surface area contributed by atoms with Crippen LogP contribution in [0.5, 0.6) is 0 Å². The Balaban J connectivity index is 1.51. The van der Waals surface area contributed by atoms with Gasteiger partial charge >= 0.3 is 0 Å². The first kappa shape index (κ1) is 20.4. The lowest BCUT2D eigenvalue weighted by atomic mass is 9.91. The van der Waals surface area contributed by atoms with Gasteiger partial charge in [-0.3, -0.25) is 14.5 Å². The molecule has 3 aromatic rings. The summed E-state index contributed by atoms with van der Waals surface area (Å²) in [5, 5.41) is 6.69. The van der Waals surface area contributed by atoms with Gasteiger partial charge < -0.3 is 9.84 Å². The van der Waals surface area contributed by atoms with Crippen LogP contribution in [0.25, 0.3) is 0 Å². The number of hydrogen-bond donors (Lipinski definition) is 1. The number of anilines is 1. The van der Waals surface area contributed by atoms with Crippen LogP contribution in [0.15, 0.2) is 59.3 Å². The van der Waals surface area contributed by atoms with Crippen LogP contribution < -0.4 is 10.2 Å². The zero-order valence-electron chi connectivity index (χ0n) is 17.1. The quantitative estimate of drug-likeness (QED) is 0.649. The maximum Gasteiger partial charge on any atom is 0.274 e. The molecule has 1 aliphatic heterocycles. The van der Waals surface area contributed by atoms with E-state index < -0.39 is 11.9 Å². The van der Waals surface area contributed by atoms with Crippen LogP contribution in [-0.4, -0.2) is 35.0 Å². The number of rotatable bonds is 5. The molecule has 1 aliphatic rings. The first-order valence-corrected chi connectivity index (χ1v) is 10.0. The second-order valence-electron chi connectivity index (χ2n) is 7.52. The maximum absolute atomic E-state index is 13.0. The summed E-state index contributed by atoms with van der Waals surface area (Å²) in [6, 6.07) is 14.3. The third-order valence-electron chi connectivity index (χ3n) is 5.41. The molecule has 0 unspecified atom stereocenters. The van der Waals surface area contributed by atoms with E-state index in [9.17, 15) is 9.59 Å². The van der Waals surface area contributed by atoms with Crippen molar-refractivity contribution in [3.63, 3.8) is 0 Å². The van der Waals surface area contributed by atoms with Gasteiger partial charge in [0.15, 0.2) is 5.69 Å². The highest BCUT2D eigenvalue weighted by atomic mass is 16.5. The average molecular weight is 414 g/mol. The van der Waals surface area contributed by atoms with E-state index in [0.717, 1.165) is 11.1 Å². The molecular formula is C24H22N4O3. The number of pyridine rings is 1. The van der Waals surface area contributed by atoms with Crippen LogP contribution in [0.1, 0.15) is 46.1 Å².